The van der Waals surface area contributed by atoms with E-state index in [0.29, 0.717) is 0 Å². The minimum Gasteiger partial charge on any atom is -0.496 e. The number of aryl methyl sites for hydroxylation is 1. The first-order chi connectivity index (χ1) is 13.0. The zero-order valence-electron chi connectivity index (χ0n) is 15.9. The molecule has 2 aromatic rings. The quantitative estimate of drug-likeness (QED) is 0.788. The zero-order valence-corrected chi connectivity index (χ0v) is 16.6. The summed E-state index contributed by atoms with van der Waals surface area (Å²) < 4.78 is 5.34. The molecule has 0 N–H and O–H groups in total. The van der Waals surface area contributed by atoms with Crippen molar-refractivity contribution in [1.29, 1.82) is 0 Å². The highest BCUT2D eigenvalue weighted by Crippen LogP contribution is 2.43. The van der Waals surface area contributed by atoms with Gasteiger partial charge in [-0.3, -0.25) is 9.69 Å². The fraction of sp³-hybridized carbons (Fsp3) is 0.409. The van der Waals surface area contributed by atoms with Crippen LogP contribution in [0.3, 0.4) is 0 Å². The fourth-order valence-electron chi connectivity index (χ4n) is 4.46. The predicted molar refractivity (Wildman–Crippen MR) is 108 cm³/mol. The van der Waals surface area contributed by atoms with Crippen LogP contribution in [0.4, 0.5) is 5.69 Å². The van der Waals surface area contributed by atoms with Crippen LogP contribution in [-0.2, 0) is 11.3 Å². The Labute approximate surface area is 165 Å². The highest BCUT2D eigenvalue weighted by Gasteiger charge is 2.50. The van der Waals surface area contributed by atoms with Crippen molar-refractivity contribution < 1.29 is 9.53 Å². The van der Waals surface area contributed by atoms with Crippen molar-refractivity contribution >= 4 is 23.2 Å². The van der Waals surface area contributed by atoms with Crippen LogP contribution >= 0.6 is 11.6 Å². The first-order valence-electron chi connectivity index (χ1n) is 9.44. The van der Waals surface area contributed by atoms with Gasteiger partial charge >= 0.3 is 0 Å². The summed E-state index contributed by atoms with van der Waals surface area (Å²) >= 11 is 6.11. The van der Waals surface area contributed by atoms with Crippen LogP contribution in [0.1, 0.15) is 24.0 Å². The molecule has 1 amide bonds. The molecule has 4 rings (SSSR count). The number of hydrogen-bond donors (Lipinski definition) is 0. The zero-order chi connectivity index (χ0) is 19.0. The van der Waals surface area contributed by atoms with E-state index in [0.717, 1.165) is 61.0 Å². The summed E-state index contributed by atoms with van der Waals surface area (Å²) in [5, 5.41) is 0.763. The standard InChI is InChI=1S/C22H25ClN2O2/c1-16-12-19(6-7-20(16)27-2)25-11-9-22(21(25)26)8-10-24(15-22)14-17-4-3-5-18(23)13-17/h3-7,12-13H,8-11,14-15H2,1-2H3. The fourth-order valence-corrected chi connectivity index (χ4v) is 4.68. The normalized spacial score (nSPS) is 22.8. The number of hydrogen-bond acceptors (Lipinski definition) is 3. The number of ether oxygens (including phenoxy) is 1. The summed E-state index contributed by atoms with van der Waals surface area (Å²) in [5.74, 6) is 1.12. The SMILES string of the molecule is COc1ccc(N2CCC3(CCN(Cc4cccc(Cl)c4)C3)C2=O)cc1C. The van der Waals surface area contributed by atoms with Crippen LogP contribution in [0, 0.1) is 12.3 Å². The van der Waals surface area contributed by atoms with Gasteiger partial charge in [0.15, 0.2) is 0 Å². The molecule has 0 saturated carbocycles. The van der Waals surface area contributed by atoms with Crippen molar-refractivity contribution in [3.8, 4) is 5.75 Å². The number of rotatable bonds is 4. The van der Waals surface area contributed by atoms with Crippen LogP contribution in [0.5, 0.6) is 5.75 Å². The Morgan fingerprint density at radius 3 is 2.70 bits per heavy atom. The van der Waals surface area contributed by atoms with Crippen molar-refractivity contribution in [2.75, 3.05) is 31.6 Å². The maximum absolute atomic E-state index is 13.3. The predicted octanol–water partition coefficient (Wildman–Crippen LogP) is 4.29. The molecule has 1 unspecified atom stereocenters. The van der Waals surface area contributed by atoms with E-state index in [1.165, 1.54) is 5.56 Å². The van der Waals surface area contributed by atoms with E-state index in [-0.39, 0.29) is 11.3 Å². The smallest absolute Gasteiger partial charge is 0.234 e. The molecule has 1 atom stereocenters. The Morgan fingerprint density at radius 1 is 1.15 bits per heavy atom. The number of nitrogens with zero attached hydrogens (tertiary/aromatic N) is 2. The summed E-state index contributed by atoms with van der Waals surface area (Å²) in [4.78, 5) is 17.6. The van der Waals surface area contributed by atoms with Gasteiger partial charge in [0.1, 0.15) is 5.75 Å². The van der Waals surface area contributed by atoms with E-state index in [1.807, 2.05) is 42.2 Å². The topological polar surface area (TPSA) is 32.8 Å². The number of amides is 1. The molecule has 1 spiro atoms. The molecule has 4 nitrogen and oxygen atoms in total. The summed E-state index contributed by atoms with van der Waals surface area (Å²) in [6.45, 7) is 5.42. The van der Waals surface area contributed by atoms with E-state index in [4.69, 9.17) is 16.3 Å². The van der Waals surface area contributed by atoms with Crippen LogP contribution in [0.25, 0.3) is 0 Å². The van der Waals surface area contributed by atoms with E-state index in [1.54, 1.807) is 7.11 Å². The first-order valence-corrected chi connectivity index (χ1v) is 9.82. The van der Waals surface area contributed by atoms with Crippen molar-refractivity contribution in [2.24, 2.45) is 5.41 Å². The summed E-state index contributed by atoms with van der Waals surface area (Å²) in [5.41, 5.74) is 2.99. The second kappa shape index (κ2) is 7.17. The minimum absolute atomic E-state index is 0.244. The molecule has 0 aromatic heterocycles. The number of carbonyl (C=O) groups is 1. The van der Waals surface area contributed by atoms with Gasteiger partial charge in [0.05, 0.1) is 12.5 Å². The van der Waals surface area contributed by atoms with E-state index >= 15 is 0 Å². The van der Waals surface area contributed by atoms with Gasteiger partial charge in [-0.2, -0.15) is 0 Å². The number of carbonyl (C=O) groups excluding carboxylic acids is 1. The second-order valence-electron chi connectivity index (χ2n) is 7.73. The van der Waals surface area contributed by atoms with Crippen LogP contribution in [0.15, 0.2) is 42.5 Å². The molecule has 142 valence electrons. The number of methoxy groups -OCH3 is 1. The van der Waals surface area contributed by atoms with E-state index in [9.17, 15) is 4.79 Å². The Hall–Kier alpha value is -2.04. The Kier molecular flexibility index (Phi) is 4.87. The first kappa shape index (κ1) is 18.3. The molecule has 2 aromatic carbocycles. The average molecular weight is 385 g/mol. The molecule has 0 bridgehead atoms. The van der Waals surface area contributed by atoms with Crippen molar-refractivity contribution in [3.05, 3.63) is 58.6 Å². The van der Waals surface area contributed by atoms with Crippen LogP contribution < -0.4 is 9.64 Å². The summed E-state index contributed by atoms with van der Waals surface area (Å²) in [6.07, 6.45) is 1.85. The Balaban J connectivity index is 1.47. The highest BCUT2D eigenvalue weighted by atomic mass is 35.5. The van der Waals surface area contributed by atoms with Crippen molar-refractivity contribution in [1.82, 2.24) is 4.90 Å². The van der Waals surface area contributed by atoms with Gasteiger partial charge in [-0.25, -0.2) is 0 Å². The van der Waals surface area contributed by atoms with Gasteiger partial charge in [0.25, 0.3) is 0 Å². The highest BCUT2D eigenvalue weighted by molar-refractivity contribution is 6.30. The van der Waals surface area contributed by atoms with Gasteiger partial charge < -0.3 is 9.64 Å². The van der Waals surface area contributed by atoms with Gasteiger partial charge in [0.2, 0.25) is 5.91 Å². The largest absolute Gasteiger partial charge is 0.496 e. The molecule has 2 heterocycles. The molecule has 2 fully saturated rings. The van der Waals surface area contributed by atoms with Crippen molar-refractivity contribution in [2.45, 2.75) is 26.3 Å². The monoisotopic (exact) mass is 384 g/mol. The van der Waals surface area contributed by atoms with E-state index in [2.05, 4.69) is 17.0 Å². The third-order valence-corrected chi connectivity index (χ3v) is 6.17. The molecule has 2 saturated heterocycles. The number of benzene rings is 2. The lowest BCUT2D eigenvalue weighted by Gasteiger charge is -2.24. The lowest BCUT2D eigenvalue weighted by Crippen LogP contribution is -2.36. The summed E-state index contributed by atoms with van der Waals surface area (Å²) in [6, 6.07) is 14.0. The van der Waals surface area contributed by atoms with Gasteiger partial charge in [-0.1, -0.05) is 23.7 Å². The lowest BCUT2D eigenvalue weighted by atomic mass is 9.85. The van der Waals surface area contributed by atoms with E-state index < -0.39 is 0 Å². The van der Waals surface area contributed by atoms with Crippen molar-refractivity contribution in [3.63, 3.8) is 0 Å². The summed E-state index contributed by atoms with van der Waals surface area (Å²) in [7, 11) is 1.67. The third kappa shape index (κ3) is 3.44. The average Bonchev–Trinajstić information content (AvgIpc) is 3.19. The Morgan fingerprint density at radius 2 is 1.96 bits per heavy atom. The van der Waals surface area contributed by atoms with Gasteiger partial charge in [0, 0.05) is 30.3 Å². The molecule has 0 radical (unpaired) electrons. The molecule has 2 aliphatic heterocycles. The molecule has 5 heteroatoms. The molecular weight excluding hydrogens is 360 g/mol. The lowest BCUT2D eigenvalue weighted by molar-refractivity contribution is -0.125. The maximum Gasteiger partial charge on any atom is 0.234 e. The second-order valence-corrected chi connectivity index (χ2v) is 8.17. The molecular formula is C22H25ClN2O2. The van der Waals surface area contributed by atoms with Crippen LogP contribution in [-0.4, -0.2) is 37.6 Å². The molecule has 0 aliphatic carbocycles. The third-order valence-electron chi connectivity index (χ3n) is 5.93. The number of halogens is 1. The Bertz CT molecular complexity index is 869. The van der Waals surface area contributed by atoms with Crippen LogP contribution in [0.2, 0.25) is 5.02 Å². The maximum atomic E-state index is 13.3. The van der Waals surface area contributed by atoms with Gasteiger partial charge in [-0.15, -0.1) is 0 Å². The number of likely N-dealkylation sites (tertiary alicyclic amines) is 1. The minimum atomic E-state index is -0.244. The number of anilines is 1. The van der Waals surface area contributed by atoms with Gasteiger partial charge in [-0.05, 0) is 67.8 Å². The molecule has 2 aliphatic rings. The molecule has 27 heavy (non-hydrogen) atoms.